The number of piperidine rings is 1. The first kappa shape index (κ1) is 15.3. The molecular formula is C15H18N4O4. The van der Waals surface area contributed by atoms with Crippen molar-refractivity contribution in [3.63, 3.8) is 0 Å². The monoisotopic (exact) mass is 318 g/mol. The van der Waals surface area contributed by atoms with Gasteiger partial charge >= 0.3 is 5.56 Å². The maximum absolute atomic E-state index is 12.3. The van der Waals surface area contributed by atoms with Crippen LogP contribution in [0.5, 0.6) is 5.75 Å². The van der Waals surface area contributed by atoms with Crippen LogP contribution in [0.3, 0.4) is 0 Å². The third kappa shape index (κ3) is 2.85. The van der Waals surface area contributed by atoms with Gasteiger partial charge < -0.3 is 20.9 Å². The van der Waals surface area contributed by atoms with Crippen molar-refractivity contribution in [2.45, 2.75) is 12.8 Å². The van der Waals surface area contributed by atoms with Crippen LogP contribution in [0.25, 0.3) is 11.0 Å². The SMILES string of the molecule is O=C(NCC1CCNCC1)c1c(O)c2cccnc2n(O)c1=O. The van der Waals surface area contributed by atoms with Gasteiger partial charge in [0, 0.05) is 12.7 Å². The molecule has 1 aliphatic heterocycles. The number of nitrogens with zero attached hydrogens (tertiary/aromatic N) is 2. The van der Waals surface area contributed by atoms with Crippen LogP contribution in [-0.4, -0.2) is 45.6 Å². The third-order valence-electron chi connectivity index (χ3n) is 4.12. The minimum atomic E-state index is -0.989. The van der Waals surface area contributed by atoms with Crippen molar-refractivity contribution in [2.75, 3.05) is 19.6 Å². The van der Waals surface area contributed by atoms with E-state index in [0.717, 1.165) is 25.9 Å². The van der Waals surface area contributed by atoms with Crippen molar-refractivity contribution in [2.24, 2.45) is 5.92 Å². The highest BCUT2D eigenvalue weighted by atomic mass is 16.5. The van der Waals surface area contributed by atoms with Crippen molar-refractivity contribution < 1.29 is 15.1 Å². The van der Waals surface area contributed by atoms with Gasteiger partial charge in [0.05, 0.1) is 5.39 Å². The summed E-state index contributed by atoms with van der Waals surface area (Å²) < 4.78 is 0.286. The lowest BCUT2D eigenvalue weighted by Crippen LogP contribution is -2.38. The fourth-order valence-corrected chi connectivity index (χ4v) is 2.80. The van der Waals surface area contributed by atoms with E-state index >= 15 is 0 Å². The second-order valence-corrected chi connectivity index (χ2v) is 5.62. The van der Waals surface area contributed by atoms with Crippen molar-refractivity contribution in [3.05, 3.63) is 34.2 Å². The Labute approximate surface area is 131 Å². The van der Waals surface area contributed by atoms with Crippen LogP contribution in [0.15, 0.2) is 23.1 Å². The average Bonchev–Trinajstić information content (AvgIpc) is 2.59. The summed E-state index contributed by atoms with van der Waals surface area (Å²) in [5.74, 6) is -0.827. The molecule has 122 valence electrons. The number of fused-ring (bicyclic) bond motifs is 1. The molecule has 0 saturated carbocycles. The summed E-state index contributed by atoms with van der Waals surface area (Å²) in [6, 6.07) is 3.02. The normalized spacial score (nSPS) is 15.7. The topological polar surface area (TPSA) is 116 Å². The standard InChI is InChI=1S/C15H18N4O4/c20-12-10-2-1-5-17-13(10)19(23)15(22)11(12)14(21)18-8-9-3-6-16-7-4-9/h1-2,5,9,16,20,23H,3-4,6-8H2,(H,18,21). The molecule has 0 atom stereocenters. The van der Waals surface area contributed by atoms with Gasteiger partial charge in [0.15, 0.2) is 11.2 Å². The lowest BCUT2D eigenvalue weighted by molar-refractivity contribution is 0.0933. The number of aromatic nitrogens is 2. The Morgan fingerprint density at radius 3 is 2.91 bits per heavy atom. The molecule has 1 aliphatic rings. The van der Waals surface area contributed by atoms with E-state index in [2.05, 4.69) is 15.6 Å². The first-order chi connectivity index (χ1) is 11.1. The Balaban J connectivity index is 1.89. The minimum absolute atomic E-state index is 0.0927. The van der Waals surface area contributed by atoms with Gasteiger partial charge in [-0.2, -0.15) is 0 Å². The molecule has 2 aromatic heterocycles. The first-order valence-electron chi connectivity index (χ1n) is 7.50. The van der Waals surface area contributed by atoms with E-state index in [9.17, 15) is 19.9 Å². The van der Waals surface area contributed by atoms with Crippen LogP contribution in [0, 0.1) is 5.92 Å². The van der Waals surface area contributed by atoms with Gasteiger partial charge in [0.1, 0.15) is 5.75 Å². The fraction of sp³-hybridized carbons (Fsp3) is 0.400. The van der Waals surface area contributed by atoms with Gasteiger partial charge in [-0.25, -0.2) is 4.98 Å². The predicted octanol–water partition coefficient (Wildman–Crippen LogP) is 0.0688. The summed E-state index contributed by atoms with van der Waals surface area (Å²) in [5.41, 5.74) is -1.55. The number of amides is 1. The molecule has 23 heavy (non-hydrogen) atoms. The maximum atomic E-state index is 12.3. The van der Waals surface area contributed by atoms with E-state index in [0.29, 0.717) is 12.5 Å². The molecule has 0 unspecified atom stereocenters. The summed E-state index contributed by atoms with van der Waals surface area (Å²) in [6.45, 7) is 2.23. The Hall–Kier alpha value is -2.61. The minimum Gasteiger partial charge on any atom is -0.506 e. The fourth-order valence-electron chi connectivity index (χ4n) is 2.80. The van der Waals surface area contributed by atoms with E-state index in [1.165, 1.54) is 12.3 Å². The summed E-state index contributed by atoms with van der Waals surface area (Å²) in [6.07, 6.45) is 3.26. The van der Waals surface area contributed by atoms with Crippen molar-refractivity contribution in [1.82, 2.24) is 20.3 Å². The number of pyridine rings is 2. The number of carbonyl (C=O) groups is 1. The van der Waals surface area contributed by atoms with E-state index < -0.39 is 22.8 Å². The smallest absolute Gasteiger partial charge is 0.301 e. The number of rotatable bonds is 3. The average molecular weight is 318 g/mol. The molecule has 0 bridgehead atoms. The van der Waals surface area contributed by atoms with Crippen LogP contribution >= 0.6 is 0 Å². The van der Waals surface area contributed by atoms with Crippen molar-refractivity contribution in [1.29, 1.82) is 0 Å². The number of carbonyl (C=O) groups excluding carboxylic acids is 1. The highest BCUT2D eigenvalue weighted by Gasteiger charge is 2.23. The van der Waals surface area contributed by atoms with E-state index in [-0.39, 0.29) is 15.8 Å². The Morgan fingerprint density at radius 1 is 1.43 bits per heavy atom. The van der Waals surface area contributed by atoms with Gasteiger partial charge in [0.2, 0.25) is 0 Å². The molecule has 0 aromatic carbocycles. The number of aromatic hydroxyl groups is 1. The zero-order chi connectivity index (χ0) is 16.4. The van der Waals surface area contributed by atoms with E-state index in [1.807, 2.05) is 0 Å². The zero-order valence-electron chi connectivity index (χ0n) is 12.5. The predicted molar refractivity (Wildman–Crippen MR) is 82.8 cm³/mol. The number of hydrogen-bond donors (Lipinski definition) is 4. The number of hydrogen-bond acceptors (Lipinski definition) is 6. The molecule has 2 aromatic rings. The maximum Gasteiger partial charge on any atom is 0.301 e. The number of nitrogens with one attached hydrogen (secondary N) is 2. The van der Waals surface area contributed by atoms with Gasteiger partial charge in [0.25, 0.3) is 5.91 Å². The van der Waals surface area contributed by atoms with Crippen LogP contribution in [0.4, 0.5) is 0 Å². The Kier molecular flexibility index (Phi) is 4.16. The largest absolute Gasteiger partial charge is 0.506 e. The van der Waals surface area contributed by atoms with Crippen LogP contribution < -0.4 is 16.2 Å². The summed E-state index contributed by atoms with van der Waals surface area (Å²) in [7, 11) is 0. The molecule has 1 fully saturated rings. The summed E-state index contributed by atoms with van der Waals surface area (Å²) >= 11 is 0. The van der Waals surface area contributed by atoms with Gasteiger partial charge in [-0.15, -0.1) is 4.73 Å². The molecule has 0 radical (unpaired) electrons. The van der Waals surface area contributed by atoms with E-state index in [4.69, 9.17) is 0 Å². The van der Waals surface area contributed by atoms with Crippen LogP contribution in [0.2, 0.25) is 0 Å². The van der Waals surface area contributed by atoms with Crippen molar-refractivity contribution >= 4 is 16.9 Å². The molecule has 3 heterocycles. The molecular weight excluding hydrogens is 300 g/mol. The molecule has 3 rings (SSSR count). The van der Waals surface area contributed by atoms with Crippen LogP contribution in [0.1, 0.15) is 23.2 Å². The second-order valence-electron chi connectivity index (χ2n) is 5.62. The van der Waals surface area contributed by atoms with Crippen molar-refractivity contribution in [3.8, 4) is 5.75 Å². The van der Waals surface area contributed by atoms with Crippen LogP contribution in [-0.2, 0) is 0 Å². The highest BCUT2D eigenvalue weighted by Crippen LogP contribution is 2.24. The molecule has 8 nitrogen and oxygen atoms in total. The molecule has 4 N–H and O–H groups in total. The molecule has 0 spiro atoms. The lowest BCUT2D eigenvalue weighted by atomic mass is 9.98. The third-order valence-corrected chi connectivity index (χ3v) is 4.12. The zero-order valence-corrected chi connectivity index (χ0v) is 12.5. The summed E-state index contributed by atoms with van der Waals surface area (Å²) in [5, 5.41) is 26.1. The van der Waals surface area contributed by atoms with Gasteiger partial charge in [-0.1, -0.05) is 0 Å². The Bertz CT molecular complexity index is 796. The van der Waals surface area contributed by atoms with Gasteiger partial charge in [-0.05, 0) is 44.0 Å². The quantitative estimate of drug-likeness (QED) is 0.595. The second kappa shape index (κ2) is 6.25. The summed E-state index contributed by atoms with van der Waals surface area (Å²) in [4.78, 5) is 28.3. The highest BCUT2D eigenvalue weighted by molar-refractivity contribution is 6.01. The molecule has 1 amide bonds. The molecule has 1 saturated heterocycles. The molecule has 0 aliphatic carbocycles. The Morgan fingerprint density at radius 2 is 2.17 bits per heavy atom. The molecule has 8 heteroatoms. The first-order valence-corrected chi connectivity index (χ1v) is 7.50. The van der Waals surface area contributed by atoms with E-state index in [1.54, 1.807) is 6.07 Å². The van der Waals surface area contributed by atoms with Gasteiger partial charge in [-0.3, -0.25) is 9.59 Å². The lowest BCUT2D eigenvalue weighted by Gasteiger charge is -2.22.